The predicted octanol–water partition coefficient (Wildman–Crippen LogP) is 2.81. The molecule has 16 heavy (non-hydrogen) atoms. The standard InChI is InChI=1S/C14H22NO/c1-4-11-16-12-10-15(2,3)13-14-8-6-5-7-9-14/h4-9,11H,10,12-13H2,1-3H3/q+1. The van der Waals surface area contributed by atoms with E-state index in [1.807, 2.05) is 13.0 Å². The fourth-order valence-corrected chi connectivity index (χ4v) is 1.62. The number of ether oxygens (including phenoxy) is 1. The summed E-state index contributed by atoms with van der Waals surface area (Å²) in [7, 11) is 4.46. The molecule has 0 aliphatic heterocycles. The maximum absolute atomic E-state index is 5.36. The highest BCUT2D eigenvalue weighted by Gasteiger charge is 2.15. The van der Waals surface area contributed by atoms with Crippen molar-refractivity contribution in [2.75, 3.05) is 27.2 Å². The highest BCUT2D eigenvalue weighted by molar-refractivity contribution is 5.13. The highest BCUT2D eigenvalue weighted by Crippen LogP contribution is 2.08. The van der Waals surface area contributed by atoms with Crippen molar-refractivity contribution in [2.24, 2.45) is 0 Å². The van der Waals surface area contributed by atoms with Crippen molar-refractivity contribution in [3.05, 3.63) is 48.2 Å². The maximum Gasteiger partial charge on any atom is 0.136 e. The van der Waals surface area contributed by atoms with E-state index in [-0.39, 0.29) is 0 Å². The van der Waals surface area contributed by atoms with E-state index in [0.29, 0.717) is 0 Å². The van der Waals surface area contributed by atoms with Crippen LogP contribution in [0.4, 0.5) is 0 Å². The molecule has 0 saturated heterocycles. The zero-order chi connectivity index (χ0) is 11.9. The number of hydrogen-bond donors (Lipinski definition) is 0. The van der Waals surface area contributed by atoms with Gasteiger partial charge in [0, 0.05) is 5.56 Å². The van der Waals surface area contributed by atoms with Crippen LogP contribution in [-0.2, 0) is 11.3 Å². The van der Waals surface area contributed by atoms with Gasteiger partial charge in [0.1, 0.15) is 19.7 Å². The Morgan fingerprint density at radius 3 is 2.50 bits per heavy atom. The summed E-state index contributed by atoms with van der Waals surface area (Å²) in [5.41, 5.74) is 1.37. The van der Waals surface area contributed by atoms with Gasteiger partial charge in [-0.1, -0.05) is 36.4 Å². The van der Waals surface area contributed by atoms with Gasteiger partial charge in [-0.15, -0.1) is 0 Å². The number of allylic oxidation sites excluding steroid dienone is 1. The molecule has 0 spiro atoms. The van der Waals surface area contributed by atoms with Gasteiger partial charge in [0.2, 0.25) is 0 Å². The van der Waals surface area contributed by atoms with E-state index in [2.05, 4.69) is 44.4 Å². The first kappa shape index (κ1) is 12.8. The number of quaternary nitrogens is 1. The highest BCUT2D eigenvalue weighted by atomic mass is 16.5. The van der Waals surface area contributed by atoms with Gasteiger partial charge in [0.05, 0.1) is 20.4 Å². The molecule has 0 aliphatic carbocycles. The lowest BCUT2D eigenvalue weighted by Gasteiger charge is -2.29. The lowest BCUT2D eigenvalue weighted by atomic mass is 10.2. The van der Waals surface area contributed by atoms with Crippen molar-refractivity contribution in [2.45, 2.75) is 13.5 Å². The molecule has 0 atom stereocenters. The molecule has 0 fully saturated rings. The first-order valence-corrected chi connectivity index (χ1v) is 5.73. The first-order chi connectivity index (χ1) is 7.64. The van der Waals surface area contributed by atoms with Crippen LogP contribution in [-0.4, -0.2) is 31.7 Å². The smallest absolute Gasteiger partial charge is 0.136 e. The Balaban J connectivity index is 2.39. The normalized spacial score (nSPS) is 11.9. The fraction of sp³-hybridized carbons (Fsp3) is 0.429. The molecular formula is C14H22NO+. The molecule has 0 bridgehead atoms. The topological polar surface area (TPSA) is 9.23 Å². The molecule has 1 aromatic rings. The molecule has 1 aromatic carbocycles. The van der Waals surface area contributed by atoms with Gasteiger partial charge in [0.15, 0.2) is 0 Å². The molecule has 0 unspecified atom stereocenters. The van der Waals surface area contributed by atoms with E-state index >= 15 is 0 Å². The lowest BCUT2D eigenvalue weighted by molar-refractivity contribution is -0.903. The molecule has 0 aromatic heterocycles. The summed E-state index contributed by atoms with van der Waals surface area (Å²) in [6.45, 7) is 4.79. The van der Waals surface area contributed by atoms with E-state index in [1.54, 1.807) is 6.26 Å². The Morgan fingerprint density at radius 2 is 1.88 bits per heavy atom. The molecule has 88 valence electrons. The SMILES string of the molecule is CC=COCC[N+](C)(C)Cc1ccccc1. The zero-order valence-corrected chi connectivity index (χ0v) is 10.5. The van der Waals surface area contributed by atoms with Gasteiger partial charge < -0.3 is 9.22 Å². The van der Waals surface area contributed by atoms with E-state index in [9.17, 15) is 0 Å². The van der Waals surface area contributed by atoms with Crippen molar-refractivity contribution in [1.82, 2.24) is 0 Å². The van der Waals surface area contributed by atoms with E-state index in [0.717, 1.165) is 24.2 Å². The number of hydrogen-bond acceptors (Lipinski definition) is 1. The predicted molar refractivity (Wildman–Crippen MR) is 67.9 cm³/mol. The maximum atomic E-state index is 5.36. The van der Waals surface area contributed by atoms with Crippen LogP contribution in [0.5, 0.6) is 0 Å². The third-order valence-corrected chi connectivity index (χ3v) is 2.50. The number of nitrogens with zero attached hydrogens (tertiary/aromatic N) is 1. The first-order valence-electron chi connectivity index (χ1n) is 5.73. The van der Waals surface area contributed by atoms with Crippen molar-refractivity contribution < 1.29 is 9.22 Å². The third-order valence-electron chi connectivity index (χ3n) is 2.50. The quantitative estimate of drug-likeness (QED) is 0.407. The minimum absolute atomic E-state index is 0.768. The van der Waals surface area contributed by atoms with Gasteiger partial charge in [-0.25, -0.2) is 0 Å². The third kappa shape index (κ3) is 4.99. The van der Waals surface area contributed by atoms with Crippen LogP contribution in [0.3, 0.4) is 0 Å². The molecule has 2 nitrogen and oxygen atoms in total. The molecule has 0 aliphatic rings. The molecule has 0 saturated carbocycles. The summed E-state index contributed by atoms with van der Waals surface area (Å²) in [6.07, 6.45) is 3.67. The molecule has 1 rings (SSSR count). The summed E-state index contributed by atoms with van der Waals surface area (Å²) in [4.78, 5) is 0. The molecule has 0 amide bonds. The van der Waals surface area contributed by atoms with Gasteiger partial charge >= 0.3 is 0 Å². The number of benzene rings is 1. The summed E-state index contributed by atoms with van der Waals surface area (Å²) >= 11 is 0. The Morgan fingerprint density at radius 1 is 1.19 bits per heavy atom. The van der Waals surface area contributed by atoms with Gasteiger partial charge in [-0.3, -0.25) is 0 Å². The Bertz CT molecular complexity index is 317. The molecule has 2 heteroatoms. The summed E-state index contributed by atoms with van der Waals surface area (Å²) < 4.78 is 6.31. The van der Waals surface area contributed by atoms with Crippen LogP contribution < -0.4 is 0 Å². The summed E-state index contributed by atoms with van der Waals surface area (Å²) in [5.74, 6) is 0. The van der Waals surface area contributed by atoms with E-state index in [1.165, 1.54) is 5.56 Å². The number of rotatable bonds is 6. The lowest BCUT2D eigenvalue weighted by Crippen LogP contribution is -2.41. The van der Waals surface area contributed by atoms with Crippen LogP contribution in [0, 0.1) is 0 Å². The van der Waals surface area contributed by atoms with Crippen molar-refractivity contribution in [3.8, 4) is 0 Å². The molecule has 0 radical (unpaired) electrons. The summed E-state index contributed by atoms with van der Waals surface area (Å²) in [5, 5.41) is 0. The van der Waals surface area contributed by atoms with Crippen molar-refractivity contribution in [1.29, 1.82) is 0 Å². The average Bonchev–Trinajstić information content (AvgIpc) is 2.25. The van der Waals surface area contributed by atoms with Crippen LogP contribution in [0.1, 0.15) is 12.5 Å². The van der Waals surface area contributed by atoms with Crippen LogP contribution in [0.25, 0.3) is 0 Å². The number of likely N-dealkylation sites (N-methyl/N-ethyl adjacent to an activating group) is 1. The monoisotopic (exact) mass is 220 g/mol. The minimum atomic E-state index is 0.768. The second-order valence-electron chi connectivity index (χ2n) is 4.64. The Labute approximate surface area is 98.7 Å². The summed E-state index contributed by atoms with van der Waals surface area (Å²) in [6, 6.07) is 10.6. The largest absolute Gasteiger partial charge is 0.496 e. The Hall–Kier alpha value is -1.28. The van der Waals surface area contributed by atoms with Crippen molar-refractivity contribution in [3.63, 3.8) is 0 Å². The van der Waals surface area contributed by atoms with Gasteiger partial charge in [-0.2, -0.15) is 0 Å². The second-order valence-corrected chi connectivity index (χ2v) is 4.64. The molecule has 0 heterocycles. The Kier molecular flexibility index (Phi) is 5.06. The van der Waals surface area contributed by atoms with Gasteiger partial charge in [-0.05, 0) is 6.92 Å². The minimum Gasteiger partial charge on any atom is -0.496 e. The molecule has 0 N–H and O–H groups in total. The molecular weight excluding hydrogens is 198 g/mol. The zero-order valence-electron chi connectivity index (χ0n) is 10.5. The average molecular weight is 220 g/mol. The van der Waals surface area contributed by atoms with Crippen LogP contribution in [0.15, 0.2) is 42.7 Å². The van der Waals surface area contributed by atoms with E-state index in [4.69, 9.17) is 4.74 Å². The van der Waals surface area contributed by atoms with Crippen LogP contribution in [0.2, 0.25) is 0 Å². The second kappa shape index (κ2) is 6.33. The van der Waals surface area contributed by atoms with Gasteiger partial charge in [0.25, 0.3) is 0 Å². The fourth-order valence-electron chi connectivity index (χ4n) is 1.62. The van der Waals surface area contributed by atoms with Crippen LogP contribution >= 0.6 is 0 Å². The van der Waals surface area contributed by atoms with Crippen molar-refractivity contribution >= 4 is 0 Å². The van der Waals surface area contributed by atoms with E-state index < -0.39 is 0 Å².